The third-order valence-electron chi connectivity index (χ3n) is 4.10. The molecular formula is C22H18N2. The van der Waals surface area contributed by atoms with Gasteiger partial charge in [0.2, 0.25) is 0 Å². The monoisotopic (exact) mass is 310 g/mol. The second-order valence-electron chi connectivity index (χ2n) is 5.81. The number of imidazole rings is 1. The number of benzene rings is 3. The van der Waals surface area contributed by atoms with Crippen LogP contribution in [0.15, 0.2) is 91.0 Å². The Morgan fingerprint density at radius 3 is 1.79 bits per heavy atom. The van der Waals surface area contributed by atoms with E-state index >= 15 is 0 Å². The van der Waals surface area contributed by atoms with Gasteiger partial charge in [0, 0.05) is 23.2 Å². The van der Waals surface area contributed by atoms with Crippen LogP contribution in [-0.2, 0) is 6.42 Å². The molecule has 0 saturated heterocycles. The summed E-state index contributed by atoms with van der Waals surface area (Å²) < 4.78 is 0. The Morgan fingerprint density at radius 2 is 1.17 bits per heavy atom. The van der Waals surface area contributed by atoms with Crippen molar-refractivity contribution in [3.05, 3.63) is 102 Å². The van der Waals surface area contributed by atoms with E-state index < -0.39 is 0 Å². The van der Waals surface area contributed by atoms with Crippen molar-refractivity contribution in [2.45, 2.75) is 6.42 Å². The summed E-state index contributed by atoms with van der Waals surface area (Å²) in [5.74, 6) is 0.917. The quantitative estimate of drug-likeness (QED) is 0.542. The molecule has 0 saturated carbocycles. The van der Waals surface area contributed by atoms with E-state index in [9.17, 15) is 0 Å². The summed E-state index contributed by atoms with van der Waals surface area (Å²) in [6.45, 7) is 0. The average molecular weight is 310 g/mol. The van der Waals surface area contributed by atoms with Gasteiger partial charge in [-0.25, -0.2) is 4.98 Å². The van der Waals surface area contributed by atoms with Crippen molar-refractivity contribution in [3.63, 3.8) is 0 Å². The third-order valence-corrected chi connectivity index (χ3v) is 4.10. The van der Waals surface area contributed by atoms with Gasteiger partial charge in [0.15, 0.2) is 0 Å². The number of aromatic nitrogens is 2. The van der Waals surface area contributed by atoms with E-state index in [1.54, 1.807) is 0 Å². The lowest BCUT2D eigenvalue weighted by atomic mass is 10.0. The molecule has 1 heterocycles. The maximum Gasteiger partial charge on any atom is 0.138 e. The fourth-order valence-electron chi connectivity index (χ4n) is 2.90. The van der Waals surface area contributed by atoms with Gasteiger partial charge >= 0.3 is 0 Å². The molecule has 1 aromatic heterocycles. The molecule has 24 heavy (non-hydrogen) atoms. The lowest BCUT2D eigenvalue weighted by Gasteiger charge is -2.03. The number of H-pyrrole nitrogens is 1. The van der Waals surface area contributed by atoms with Crippen molar-refractivity contribution < 1.29 is 0 Å². The largest absolute Gasteiger partial charge is 0.341 e. The minimum atomic E-state index is 0.838. The fourth-order valence-corrected chi connectivity index (χ4v) is 2.90. The predicted molar refractivity (Wildman–Crippen MR) is 98.7 cm³/mol. The van der Waals surface area contributed by atoms with Crippen molar-refractivity contribution in [2.75, 3.05) is 0 Å². The molecule has 0 aliphatic heterocycles. The minimum absolute atomic E-state index is 0.838. The van der Waals surface area contributed by atoms with Crippen LogP contribution in [-0.4, -0.2) is 9.97 Å². The Morgan fingerprint density at radius 1 is 0.625 bits per heavy atom. The minimum Gasteiger partial charge on any atom is -0.341 e. The summed E-state index contributed by atoms with van der Waals surface area (Å²) in [5.41, 5.74) is 5.69. The first-order valence-corrected chi connectivity index (χ1v) is 8.14. The molecule has 0 aliphatic rings. The van der Waals surface area contributed by atoms with Crippen LogP contribution in [0.25, 0.3) is 22.6 Å². The van der Waals surface area contributed by atoms with E-state index in [1.165, 1.54) is 5.56 Å². The summed E-state index contributed by atoms with van der Waals surface area (Å²) >= 11 is 0. The third kappa shape index (κ3) is 2.99. The molecule has 3 aromatic carbocycles. The van der Waals surface area contributed by atoms with E-state index in [2.05, 4.69) is 65.6 Å². The predicted octanol–water partition coefficient (Wildman–Crippen LogP) is 5.33. The van der Waals surface area contributed by atoms with E-state index in [4.69, 9.17) is 4.98 Å². The molecule has 2 nitrogen and oxygen atoms in total. The van der Waals surface area contributed by atoms with Crippen LogP contribution in [0.2, 0.25) is 0 Å². The fraction of sp³-hybridized carbons (Fsp3) is 0.0455. The van der Waals surface area contributed by atoms with Gasteiger partial charge < -0.3 is 4.98 Å². The van der Waals surface area contributed by atoms with Crippen LogP contribution in [0.3, 0.4) is 0 Å². The Kier molecular flexibility index (Phi) is 3.95. The number of hydrogen-bond acceptors (Lipinski definition) is 1. The van der Waals surface area contributed by atoms with Gasteiger partial charge in [-0.2, -0.15) is 0 Å². The van der Waals surface area contributed by atoms with E-state index in [0.29, 0.717) is 0 Å². The molecule has 0 amide bonds. The highest BCUT2D eigenvalue weighted by Crippen LogP contribution is 2.27. The van der Waals surface area contributed by atoms with E-state index in [0.717, 1.165) is 34.8 Å². The summed E-state index contributed by atoms with van der Waals surface area (Å²) in [4.78, 5) is 8.43. The lowest BCUT2D eigenvalue weighted by Crippen LogP contribution is -1.91. The number of aromatic amines is 1. The normalized spacial score (nSPS) is 10.7. The summed E-state index contributed by atoms with van der Waals surface area (Å²) in [6, 6.07) is 31.1. The van der Waals surface area contributed by atoms with Crippen LogP contribution in [0.5, 0.6) is 0 Å². The first-order chi connectivity index (χ1) is 11.9. The van der Waals surface area contributed by atoms with Crippen molar-refractivity contribution in [1.82, 2.24) is 9.97 Å². The van der Waals surface area contributed by atoms with Gasteiger partial charge in [-0.1, -0.05) is 91.0 Å². The number of rotatable bonds is 4. The highest BCUT2D eigenvalue weighted by atomic mass is 14.9. The first kappa shape index (κ1) is 14.5. The van der Waals surface area contributed by atoms with Crippen LogP contribution in [0.4, 0.5) is 0 Å². The Hall–Kier alpha value is -3.13. The zero-order valence-electron chi connectivity index (χ0n) is 13.3. The molecule has 0 radical (unpaired) electrons. The zero-order valence-corrected chi connectivity index (χ0v) is 13.3. The van der Waals surface area contributed by atoms with Gasteiger partial charge in [-0.15, -0.1) is 0 Å². The molecule has 0 fully saturated rings. The van der Waals surface area contributed by atoms with Crippen LogP contribution < -0.4 is 0 Å². The second kappa shape index (κ2) is 6.55. The molecule has 0 aliphatic carbocycles. The average Bonchev–Trinajstić information content (AvgIpc) is 3.08. The molecule has 116 valence electrons. The standard InChI is InChI=1S/C22H18N2/c1-4-10-17(11-5-1)16-20-21(18-12-6-2-7-13-18)24-22(23-20)19-14-8-3-9-15-19/h1-15H,16H2,(H,23,24). The van der Waals surface area contributed by atoms with Crippen LogP contribution in [0, 0.1) is 0 Å². The number of nitrogens with zero attached hydrogens (tertiary/aromatic N) is 1. The molecule has 0 bridgehead atoms. The highest BCUT2D eigenvalue weighted by molar-refractivity contribution is 5.67. The van der Waals surface area contributed by atoms with Crippen LogP contribution >= 0.6 is 0 Å². The van der Waals surface area contributed by atoms with Crippen molar-refractivity contribution in [2.24, 2.45) is 0 Å². The van der Waals surface area contributed by atoms with Gasteiger partial charge in [-0.05, 0) is 5.56 Å². The van der Waals surface area contributed by atoms with Gasteiger partial charge in [0.05, 0.1) is 5.69 Å². The van der Waals surface area contributed by atoms with E-state index in [1.807, 2.05) is 30.3 Å². The smallest absolute Gasteiger partial charge is 0.138 e. The lowest BCUT2D eigenvalue weighted by molar-refractivity contribution is 1.11. The van der Waals surface area contributed by atoms with Crippen molar-refractivity contribution >= 4 is 0 Å². The molecule has 0 atom stereocenters. The Bertz CT molecular complexity index is 910. The zero-order chi connectivity index (χ0) is 16.2. The summed E-state index contributed by atoms with van der Waals surface area (Å²) in [6.07, 6.45) is 0.838. The molecule has 4 rings (SSSR count). The van der Waals surface area contributed by atoms with E-state index in [-0.39, 0.29) is 0 Å². The van der Waals surface area contributed by atoms with Crippen molar-refractivity contribution in [3.8, 4) is 22.6 Å². The highest BCUT2D eigenvalue weighted by Gasteiger charge is 2.13. The van der Waals surface area contributed by atoms with Gasteiger partial charge in [0.25, 0.3) is 0 Å². The maximum absolute atomic E-state index is 4.89. The molecule has 4 aromatic rings. The maximum atomic E-state index is 4.89. The molecule has 1 N–H and O–H groups in total. The molecular weight excluding hydrogens is 292 g/mol. The second-order valence-corrected chi connectivity index (χ2v) is 5.81. The summed E-state index contributed by atoms with van der Waals surface area (Å²) in [5, 5.41) is 0. The van der Waals surface area contributed by atoms with Crippen LogP contribution in [0.1, 0.15) is 11.3 Å². The van der Waals surface area contributed by atoms with Crippen molar-refractivity contribution in [1.29, 1.82) is 0 Å². The molecule has 0 unspecified atom stereocenters. The molecule has 0 spiro atoms. The topological polar surface area (TPSA) is 28.7 Å². The Labute approximate surface area is 141 Å². The number of hydrogen-bond donors (Lipinski definition) is 1. The Balaban J connectivity index is 1.80. The van der Waals surface area contributed by atoms with Gasteiger partial charge in [0.1, 0.15) is 5.82 Å². The summed E-state index contributed by atoms with van der Waals surface area (Å²) in [7, 11) is 0. The first-order valence-electron chi connectivity index (χ1n) is 8.14. The SMILES string of the molecule is c1ccc(Cc2[nH]c(-c3ccccc3)nc2-c2ccccc2)cc1. The number of nitrogens with one attached hydrogen (secondary N) is 1. The molecule has 2 heteroatoms. The van der Waals surface area contributed by atoms with Gasteiger partial charge in [-0.3, -0.25) is 0 Å².